The van der Waals surface area contributed by atoms with Crippen molar-refractivity contribution in [2.75, 3.05) is 52.9 Å². The van der Waals surface area contributed by atoms with Gasteiger partial charge in [-0.2, -0.15) is 0 Å². The standard InChI is InChI=1S/C18H27N3O2/c1-15-18(16-6-4-3-5-7-16)23-13-12-21(15)17(22)14-20-10-8-19(2)9-11-20/h3-7,15,18H,8-14H2,1-2H3. The van der Waals surface area contributed by atoms with E-state index in [1.54, 1.807) is 0 Å². The number of piperazine rings is 1. The maximum Gasteiger partial charge on any atom is 0.237 e. The third-order valence-corrected chi connectivity index (χ3v) is 4.96. The predicted molar refractivity (Wildman–Crippen MR) is 90.2 cm³/mol. The molecule has 1 aromatic carbocycles. The fourth-order valence-corrected chi connectivity index (χ4v) is 3.44. The summed E-state index contributed by atoms with van der Waals surface area (Å²) in [6, 6.07) is 10.3. The first kappa shape index (κ1) is 16.4. The van der Waals surface area contributed by atoms with E-state index in [4.69, 9.17) is 4.74 Å². The summed E-state index contributed by atoms with van der Waals surface area (Å²) in [7, 11) is 2.13. The Labute approximate surface area is 138 Å². The molecule has 0 spiro atoms. The summed E-state index contributed by atoms with van der Waals surface area (Å²) in [5, 5.41) is 0. The topological polar surface area (TPSA) is 36.0 Å². The first-order valence-corrected chi connectivity index (χ1v) is 8.52. The van der Waals surface area contributed by atoms with Crippen molar-refractivity contribution >= 4 is 5.91 Å². The maximum atomic E-state index is 12.8. The van der Waals surface area contributed by atoms with E-state index in [-0.39, 0.29) is 18.1 Å². The van der Waals surface area contributed by atoms with Crippen molar-refractivity contribution in [3.8, 4) is 0 Å². The zero-order valence-corrected chi connectivity index (χ0v) is 14.1. The van der Waals surface area contributed by atoms with Gasteiger partial charge in [0.05, 0.1) is 19.2 Å². The molecule has 0 saturated carbocycles. The molecular weight excluding hydrogens is 290 g/mol. The number of likely N-dealkylation sites (N-methyl/N-ethyl adjacent to an activating group) is 1. The van der Waals surface area contributed by atoms with Crippen LogP contribution in [0.5, 0.6) is 0 Å². The number of amides is 1. The van der Waals surface area contributed by atoms with Gasteiger partial charge in [0, 0.05) is 32.7 Å². The molecule has 126 valence electrons. The summed E-state index contributed by atoms with van der Waals surface area (Å²) in [6.07, 6.45) is -0.0265. The molecule has 2 aliphatic rings. The van der Waals surface area contributed by atoms with Gasteiger partial charge in [-0.3, -0.25) is 9.69 Å². The number of nitrogens with zero attached hydrogens (tertiary/aromatic N) is 3. The molecule has 1 aromatic rings. The molecule has 2 atom stereocenters. The van der Waals surface area contributed by atoms with E-state index in [0.717, 1.165) is 31.7 Å². The van der Waals surface area contributed by atoms with Crippen LogP contribution in [0.3, 0.4) is 0 Å². The minimum atomic E-state index is -0.0265. The van der Waals surface area contributed by atoms with Gasteiger partial charge in [-0.1, -0.05) is 30.3 Å². The highest BCUT2D eigenvalue weighted by molar-refractivity contribution is 5.78. The van der Waals surface area contributed by atoms with E-state index >= 15 is 0 Å². The molecule has 2 heterocycles. The smallest absolute Gasteiger partial charge is 0.237 e. The lowest BCUT2D eigenvalue weighted by atomic mass is 10.0. The van der Waals surface area contributed by atoms with Gasteiger partial charge in [0.25, 0.3) is 0 Å². The zero-order valence-electron chi connectivity index (χ0n) is 14.1. The van der Waals surface area contributed by atoms with E-state index in [1.807, 2.05) is 23.1 Å². The van der Waals surface area contributed by atoms with Crippen molar-refractivity contribution in [2.24, 2.45) is 0 Å². The molecule has 2 aliphatic heterocycles. The minimum Gasteiger partial charge on any atom is -0.370 e. The number of carbonyl (C=O) groups is 1. The summed E-state index contributed by atoms with van der Waals surface area (Å²) in [4.78, 5) is 19.3. The Morgan fingerprint density at radius 1 is 1.13 bits per heavy atom. The Kier molecular flexibility index (Phi) is 5.30. The largest absolute Gasteiger partial charge is 0.370 e. The van der Waals surface area contributed by atoms with Gasteiger partial charge in [0.1, 0.15) is 6.10 Å². The Morgan fingerprint density at radius 3 is 2.52 bits per heavy atom. The van der Waals surface area contributed by atoms with Crippen molar-refractivity contribution in [1.82, 2.24) is 14.7 Å². The van der Waals surface area contributed by atoms with Crippen LogP contribution in [0.15, 0.2) is 30.3 Å². The number of carbonyl (C=O) groups excluding carboxylic acids is 1. The lowest BCUT2D eigenvalue weighted by Crippen LogP contribution is -2.54. The van der Waals surface area contributed by atoms with Crippen LogP contribution in [0, 0.1) is 0 Å². The highest BCUT2D eigenvalue weighted by Crippen LogP contribution is 2.28. The monoisotopic (exact) mass is 317 g/mol. The molecule has 1 amide bonds. The van der Waals surface area contributed by atoms with E-state index < -0.39 is 0 Å². The third-order valence-electron chi connectivity index (χ3n) is 4.96. The van der Waals surface area contributed by atoms with Gasteiger partial charge in [0.2, 0.25) is 5.91 Å². The van der Waals surface area contributed by atoms with Crippen LogP contribution in [0.25, 0.3) is 0 Å². The van der Waals surface area contributed by atoms with Gasteiger partial charge >= 0.3 is 0 Å². The summed E-state index contributed by atoms with van der Waals surface area (Å²) in [6.45, 7) is 7.96. The Balaban J connectivity index is 1.61. The number of benzene rings is 1. The molecular formula is C18H27N3O2. The van der Waals surface area contributed by atoms with Crippen molar-refractivity contribution in [3.05, 3.63) is 35.9 Å². The quantitative estimate of drug-likeness (QED) is 0.840. The zero-order chi connectivity index (χ0) is 16.2. The van der Waals surface area contributed by atoms with Crippen LogP contribution in [0.2, 0.25) is 0 Å². The average Bonchev–Trinajstić information content (AvgIpc) is 2.58. The lowest BCUT2D eigenvalue weighted by molar-refractivity contribution is -0.147. The number of hydrogen-bond donors (Lipinski definition) is 0. The SMILES string of the molecule is CC1C(c2ccccc2)OCCN1C(=O)CN1CCN(C)CC1. The summed E-state index contributed by atoms with van der Waals surface area (Å²) in [5.74, 6) is 0.228. The van der Waals surface area contributed by atoms with Crippen molar-refractivity contribution < 1.29 is 9.53 Å². The van der Waals surface area contributed by atoms with Gasteiger partial charge < -0.3 is 14.5 Å². The lowest BCUT2D eigenvalue weighted by Gasteiger charge is -2.41. The van der Waals surface area contributed by atoms with E-state index in [2.05, 4.69) is 35.9 Å². The molecule has 0 radical (unpaired) electrons. The first-order valence-electron chi connectivity index (χ1n) is 8.52. The summed E-state index contributed by atoms with van der Waals surface area (Å²) < 4.78 is 5.95. The van der Waals surface area contributed by atoms with Crippen LogP contribution >= 0.6 is 0 Å². The van der Waals surface area contributed by atoms with Gasteiger partial charge in [0.15, 0.2) is 0 Å². The molecule has 0 aromatic heterocycles. The Hall–Kier alpha value is -1.43. The highest BCUT2D eigenvalue weighted by Gasteiger charge is 2.33. The van der Waals surface area contributed by atoms with Crippen molar-refractivity contribution in [1.29, 1.82) is 0 Å². The predicted octanol–water partition coefficient (Wildman–Crippen LogP) is 1.22. The van der Waals surface area contributed by atoms with Crippen LogP contribution in [0.1, 0.15) is 18.6 Å². The first-order chi connectivity index (χ1) is 11.1. The van der Waals surface area contributed by atoms with Gasteiger partial charge in [-0.15, -0.1) is 0 Å². The third kappa shape index (κ3) is 3.91. The number of rotatable bonds is 3. The van der Waals surface area contributed by atoms with Crippen molar-refractivity contribution in [3.63, 3.8) is 0 Å². The molecule has 2 fully saturated rings. The van der Waals surface area contributed by atoms with E-state index in [9.17, 15) is 4.79 Å². The average molecular weight is 317 g/mol. The van der Waals surface area contributed by atoms with Crippen LogP contribution < -0.4 is 0 Å². The second-order valence-electron chi connectivity index (χ2n) is 6.61. The minimum absolute atomic E-state index is 0.0265. The normalized spacial score (nSPS) is 27.1. The number of ether oxygens (including phenoxy) is 1. The summed E-state index contributed by atoms with van der Waals surface area (Å²) in [5.41, 5.74) is 1.15. The Bertz CT molecular complexity index is 514. The molecule has 0 bridgehead atoms. The van der Waals surface area contributed by atoms with E-state index in [1.165, 1.54) is 0 Å². The second-order valence-corrected chi connectivity index (χ2v) is 6.61. The number of hydrogen-bond acceptors (Lipinski definition) is 4. The molecule has 5 heteroatoms. The fourth-order valence-electron chi connectivity index (χ4n) is 3.44. The Morgan fingerprint density at radius 2 is 1.83 bits per heavy atom. The highest BCUT2D eigenvalue weighted by atomic mass is 16.5. The molecule has 2 unspecified atom stereocenters. The van der Waals surface area contributed by atoms with Gasteiger partial charge in [-0.25, -0.2) is 0 Å². The maximum absolute atomic E-state index is 12.8. The van der Waals surface area contributed by atoms with Crippen LogP contribution in [-0.2, 0) is 9.53 Å². The van der Waals surface area contributed by atoms with Gasteiger partial charge in [-0.05, 0) is 19.5 Å². The van der Waals surface area contributed by atoms with Crippen LogP contribution in [-0.4, -0.2) is 79.6 Å². The fraction of sp³-hybridized carbons (Fsp3) is 0.611. The van der Waals surface area contributed by atoms with E-state index in [0.29, 0.717) is 19.7 Å². The molecule has 2 saturated heterocycles. The van der Waals surface area contributed by atoms with Crippen molar-refractivity contribution in [2.45, 2.75) is 19.1 Å². The molecule has 23 heavy (non-hydrogen) atoms. The van der Waals surface area contributed by atoms with Crippen LogP contribution in [0.4, 0.5) is 0 Å². The molecule has 0 aliphatic carbocycles. The molecule has 3 rings (SSSR count). The molecule has 0 N–H and O–H groups in total. The second kappa shape index (κ2) is 7.43. The number of morpholine rings is 1. The molecule has 5 nitrogen and oxygen atoms in total. The summed E-state index contributed by atoms with van der Waals surface area (Å²) >= 11 is 0.